The van der Waals surface area contributed by atoms with Crippen LogP contribution in [0.25, 0.3) is 11.0 Å². The van der Waals surface area contributed by atoms with Crippen molar-refractivity contribution in [2.75, 3.05) is 0 Å². The average molecular weight is 451 g/mol. The molecule has 7 atom stereocenters. The summed E-state index contributed by atoms with van der Waals surface area (Å²) in [4.78, 5) is 18.2. The van der Waals surface area contributed by atoms with Crippen molar-refractivity contribution in [1.82, 2.24) is 9.55 Å². The minimum Gasteiger partial charge on any atom is -0.390 e. The summed E-state index contributed by atoms with van der Waals surface area (Å²) in [5, 5.41) is 10.7. The van der Waals surface area contributed by atoms with Gasteiger partial charge in [0.25, 0.3) is 0 Å². The number of aliphatic hydroxyl groups is 1. The zero-order chi connectivity index (χ0) is 23.2. The number of unbranched alkanes of at least 4 members (excludes halogenated alkanes) is 1. The highest BCUT2D eigenvalue weighted by molar-refractivity contribution is 5.98. The Morgan fingerprint density at radius 2 is 1.88 bits per heavy atom. The fraction of sp³-hybridized carbons (Fsp3) is 0.724. The van der Waals surface area contributed by atoms with E-state index >= 15 is 0 Å². The van der Waals surface area contributed by atoms with Gasteiger partial charge in [-0.1, -0.05) is 31.9 Å². The highest BCUT2D eigenvalue weighted by atomic mass is 16.3. The number of hydrogen-bond acceptors (Lipinski definition) is 3. The second-order valence-corrected chi connectivity index (χ2v) is 11.8. The second kappa shape index (κ2) is 9.17. The van der Waals surface area contributed by atoms with Crippen molar-refractivity contribution < 1.29 is 9.90 Å². The number of Topliss-reactive ketones (excluding diaryl/α,β-unsaturated/α-hetero) is 1. The van der Waals surface area contributed by atoms with Crippen molar-refractivity contribution in [3.05, 3.63) is 30.1 Å². The lowest BCUT2D eigenvalue weighted by molar-refractivity contribution is -0.0677. The van der Waals surface area contributed by atoms with E-state index in [1.54, 1.807) is 0 Å². The smallest absolute Gasteiger partial charge is 0.201 e. The maximum Gasteiger partial charge on any atom is 0.201 e. The quantitative estimate of drug-likeness (QED) is 0.507. The van der Waals surface area contributed by atoms with E-state index in [1.807, 2.05) is 36.7 Å². The topological polar surface area (TPSA) is 55.1 Å². The minimum atomic E-state index is -0.459. The number of carbonyl (C=O) groups is 1. The van der Waals surface area contributed by atoms with Crippen molar-refractivity contribution in [1.29, 1.82) is 0 Å². The molecular formula is C29H42N2O2. The van der Waals surface area contributed by atoms with Crippen LogP contribution >= 0.6 is 0 Å². The van der Waals surface area contributed by atoms with Crippen LogP contribution in [0.1, 0.15) is 95.1 Å². The number of aromatic nitrogens is 2. The Morgan fingerprint density at radius 3 is 2.67 bits per heavy atom. The zero-order valence-electron chi connectivity index (χ0n) is 20.8. The first kappa shape index (κ1) is 23.1. The van der Waals surface area contributed by atoms with Gasteiger partial charge in [-0.05, 0) is 106 Å². The first-order chi connectivity index (χ1) is 15.9. The van der Waals surface area contributed by atoms with Crippen molar-refractivity contribution in [2.45, 2.75) is 90.1 Å². The molecule has 3 aliphatic carbocycles. The maximum absolute atomic E-state index is 13.5. The normalized spacial score (nSPS) is 36.7. The molecule has 0 radical (unpaired) electrons. The summed E-state index contributed by atoms with van der Waals surface area (Å²) in [7, 11) is 1.98. The Bertz CT molecular complexity index is 993. The lowest BCUT2D eigenvalue weighted by Gasteiger charge is -2.51. The molecule has 3 saturated carbocycles. The molecule has 33 heavy (non-hydrogen) atoms. The highest BCUT2D eigenvalue weighted by Crippen LogP contribution is 2.55. The Labute approximate surface area is 199 Å². The van der Waals surface area contributed by atoms with Crippen molar-refractivity contribution >= 4 is 16.8 Å². The molecule has 1 heterocycles. The van der Waals surface area contributed by atoms with Gasteiger partial charge in [0, 0.05) is 13.0 Å². The number of benzene rings is 1. The molecule has 4 heteroatoms. The number of para-hydroxylation sites is 2. The Balaban J connectivity index is 1.31. The predicted molar refractivity (Wildman–Crippen MR) is 133 cm³/mol. The molecule has 0 aliphatic heterocycles. The first-order valence-corrected chi connectivity index (χ1v) is 13.6. The average Bonchev–Trinajstić information content (AvgIpc) is 3.42. The van der Waals surface area contributed by atoms with Gasteiger partial charge in [0.2, 0.25) is 5.78 Å². The number of imidazole rings is 1. The van der Waals surface area contributed by atoms with Crippen LogP contribution in [0.15, 0.2) is 24.3 Å². The van der Waals surface area contributed by atoms with E-state index in [9.17, 15) is 9.90 Å². The second-order valence-electron chi connectivity index (χ2n) is 11.8. The molecule has 2 aromatic rings. The Morgan fingerprint density at radius 1 is 1.12 bits per heavy atom. The van der Waals surface area contributed by atoms with E-state index in [1.165, 1.54) is 44.9 Å². The van der Waals surface area contributed by atoms with Gasteiger partial charge in [0.15, 0.2) is 5.82 Å². The number of nitrogens with zero attached hydrogens (tertiary/aromatic N) is 2. The molecule has 0 unspecified atom stereocenters. The van der Waals surface area contributed by atoms with E-state index in [0.717, 1.165) is 54.5 Å². The standard InChI is InChI=1S/C29H42N2O2/c1-4-5-8-24-22(14-13-21-18-29(2,33)16-15-23(21)24)19-11-12-20(17-19)27(32)28-30-25-9-6-7-10-26(25)31(28)3/h6-7,9-10,19-24,33H,4-5,8,11-18H2,1-3H3/t19-,20+,21-,22+,23+,24+,29-/m1/s1. The molecule has 0 spiro atoms. The van der Waals surface area contributed by atoms with Crippen LogP contribution in [0.4, 0.5) is 0 Å². The summed E-state index contributed by atoms with van der Waals surface area (Å²) in [6, 6.07) is 8.06. The largest absolute Gasteiger partial charge is 0.390 e. The third kappa shape index (κ3) is 4.40. The van der Waals surface area contributed by atoms with E-state index in [0.29, 0.717) is 17.7 Å². The number of ketones is 1. The molecule has 4 nitrogen and oxygen atoms in total. The minimum absolute atomic E-state index is 0.127. The van der Waals surface area contributed by atoms with Crippen LogP contribution < -0.4 is 0 Å². The third-order valence-electron chi connectivity index (χ3n) is 9.64. The molecule has 0 bridgehead atoms. The SMILES string of the molecule is CCCC[C@H]1[C@H]([C@@H]2CC[C@H](C(=O)c3nc4ccccc4n3C)C2)CC[C@@H]2C[C@](C)(O)CC[C@@H]21. The lowest BCUT2D eigenvalue weighted by atomic mass is 9.56. The molecule has 0 saturated heterocycles. The maximum atomic E-state index is 13.5. The number of hydrogen-bond donors (Lipinski definition) is 1. The monoisotopic (exact) mass is 450 g/mol. The van der Waals surface area contributed by atoms with Gasteiger partial charge in [-0.25, -0.2) is 4.98 Å². The van der Waals surface area contributed by atoms with Crippen LogP contribution in [-0.2, 0) is 7.05 Å². The molecule has 3 fully saturated rings. The predicted octanol–water partition coefficient (Wildman–Crippen LogP) is 6.56. The van der Waals surface area contributed by atoms with Gasteiger partial charge in [0.1, 0.15) is 0 Å². The van der Waals surface area contributed by atoms with Gasteiger partial charge in [-0.2, -0.15) is 0 Å². The van der Waals surface area contributed by atoms with E-state index in [-0.39, 0.29) is 11.7 Å². The summed E-state index contributed by atoms with van der Waals surface area (Å²) < 4.78 is 1.99. The molecular weight excluding hydrogens is 408 g/mol. The fourth-order valence-corrected chi connectivity index (χ4v) is 7.99. The Kier molecular flexibility index (Phi) is 6.41. The van der Waals surface area contributed by atoms with Gasteiger partial charge < -0.3 is 9.67 Å². The Hall–Kier alpha value is -1.68. The molecule has 0 amide bonds. The highest BCUT2D eigenvalue weighted by Gasteiger charge is 2.48. The van der Waals surface area contributed by atoms with Crippen LogP contribution in [-0.4, -0.2) is 26.0 Å². The first-order valence-electron chi connectivity index (χ1n) is 13.6. The molecule has 180 valence electrons. The number of rotatable bonds is 6. The zero-order valence-corrected chi connectivity index (χ0v) is 20.8. The van der Waals surface area contributed by atoms with Crippen LogP contribution in [0, 0.1) is 35.5 Å². The van der Waals surface area contributed by atoms with Gasteiger partial charge in [-0.3, -0.25) is 4.79 Å². The summed E-state index contributed by atoms with van der Waals surface area (Å²) in [6.45, 7) is 4.35. The number of fused-ring (bicyclic) bond motifs is 2. The molecule has 3 aliphatic rings. The summed E-state index contributed by atoms with van der Waals surface area (Å²) in [5.41, 5.74) is 1.50. The number of carbonyl (C=O) groups excluding carboxylic acids is 1. The van der Waals surface area contributed by atoms with Gasteiger partial charge in [0.05, 0.1) is 16.6 Å². The fourth-order valence-electron chi connectivity index (χ4n) is 7.99. The van der Waals surface area contributed by atoms with Crippen molar-refractivity contribution in [2.24, 2.45) is 42.6 Å². The van der Waals surface area contributed by atoms with Gasteiger partial charge in [-0.15, -0.1) is 0 Å². The van der Waals surface area contributed by atoms with Crippen molar-refractivity contribution in [3.8, 4) is 0 Å². The summed E-state index contributed by atoms with van der Waals surface area (Å²) >= 11 is 0. The summed E-state index contributed by atoms with van der Waals surface area (Å²) in [6.07, 6.45) is 12.9. The molecule has 1 N–H and O–H groups in total. The molecule has 1 aromatic heterocycles. The van der Waals surface area contributed by atoms with E-state index in [4.69, 9.17) is 4.98 Å². The number of aryl methyl sites for hydroxylation is 1. The van der Waals surface area contributed by atoms with E-state index < -0.39 is 5.60 Å². The van der Waals surface area contributed by atoms with Crippen LogP contribution in [0.2, 0.25) is 0 Å². The molecule has 1 aromatic carbocycles. The van der Waals surface area contributed by atoms with Crippen molar-refractivity contribution in [3.63, 3.8) is 0 Å². The molecule has 5 rings (SSSR count). The lowest BCUT2D eigenvalue weighted by Crippen LogP contribution is -2.45. The third-order valence-corrected chi connectivity index (χ3v) is 9.64. The van der Waals surface area contributed by atoms with E-state index in [2.05, 4.69) is 13.0 Å². The van der Waals surface area contributed by atoms with Crippen LogP contribution in [0.3, 0.4) is 0 Å². The summed E-state index contributed by atoms with van der Waals surface area (Å²) in [5.74, 6) is 4.73. The van der Waals surface area contributed by atoms with Gasteiger partial charge >= 0.3 is 0 Å². The van der Waals surface area contributed by atoms with Crippen LogP contribution in [0.5, 0.6) is 0 Å².